The van der Waals surface area contributed by atoms with Gasteiger partial charge in [0.15, 0.2) is 0 Å². The largest absolute Gasteiger partial charge is 0.497 e. The molecule has 0 aromatic heterocycles. The van der Waals surface area contributed by atoms with Gasteiger partial charge < -0.3 is 19.2 Å². The zero-order chi connectivity index (χ0) is 20.9. The summed E-state index contributed by atoms with van der Waals surface area (Å²) in [6.07, 6.45) is 1.35. The molecule has 0 unspecified atom stereocenters. The van der Waals surface area contributed by atoms with Gasteiger partial charge >= 0.3 is 0 Å². The van der Waals surface area contributed by atoms with Gasteiger partial charge in [-0.05, 0) is 53.9 Å². The van der Waals surface area contributed by atoms with Crippen molar-refractivity contribution in [3.63, 3.8) is 0 Å². The van der Waals surface area contributed by atoms with Gasteiger partial charge in [-0.1, -0.05) is 42.5 Å². The zero-order valence-electron chi connectivity index (χ0n) is 16.7. The van der Waals surface area contributed by atoms with Crippen LogP contribution in [-0.4, -0.2) is 25.3 Å². The van der Waals surface area contributed by atoms with E-state index in [2.05, 4.69) is 0 Å². The molecule has 1 amide bonds. The van der Waals surface area contributed by atoms with Gasteiger partial charge in [-0.15, -0.1) is 0 Å². The molecule has 1 aliphatic heterocycles. The summed E-state index contributed by atoms with van der Waals surface area (Å²) in [5.74, 6) is 1.04. The Kier molecular flexibility index (Phi) is 5.80. The molecule has 3 aromatic carbocycles. The second kappa shape index (κ2) is 8.82. The maximum atomic E-state index is 12.8. The number of anilines is 1. The molecule has 5 heteroatoms. The summed E-state index contributed by atoms with van der Waals surface area (Å²) in [6.45, 7) is 0.481. The minimum Gasteiger partial charge on any atom is -0.497 e. The Morgan fingerprint density at radius 2 is 1.63 bits per heavy atom. The fourth-order valence-electron chi connectivity index (χ4n) is 3.73. The Morgan fingerprint density at radius 3 is 2.33 bits per heavy atom. The molecule has 0 aliphatic carbocycles. The highest BCUT2D eigenvalue weighted by atomic mass is 16.5. The third-order valence-electron chi connectivity index (χ3n) is 5.36. The number of carbonyl (C=O) groups is 2. The van der Waals surface area contributed by atoms with Crippen LogP contribution in [0, 0.1) is 5.92 Å². The van der Waals surface area contributed by atoms with Gasteiger partial charge in [0.2, 0.25) is 5.91 Å². The van der Waals surface area contributed by atoms with Crippen molar-refractivity contribution in [2.24, 2.45) is 5.92 Å². The third kappa shape index (κ3) is 4.06. The normalized spacial score (nSPS) is 17.9. The standard InChI is InChI=1S/C25H23NO4/c1-29-21-12-10-20(11-13-21)26-24(16-27)23(25(26)28)15-19-8-5-9-22(14-19)30-17-18-6-3-2-4-7-18/h2-14,16,23-24H,15,17H2,1H3/t23-,24+/m0/s1. The van der Waals surface area contributed by atoms with Crippen LogP contribution in [0.2, 0.25) is 0 Å². The molecule has 4 rings (SSSR count). The lowest BCUT2D eigenvalue weighted by molar-refractivity contribution is -0.133. The summed E-state index contributed by atoms with van der Waals surface area (Å²) < 4.78 is 11.0. The summed E-state index contributed by atoms with van der Waals surface area (Å²) in [4.78, 5) is 26.1. The number of hydrogen-bond acceptors (Lipinski definition) is 4. The molecule has 0 saturated carbocycles. The van der Waals surface area contributed by atoms with Crippen molar-refractivity contribution < 1.29 is 19.1 Å². The van der Waals surface area contributed by atoms with E-state index in [-0.39, 0.29) is 11.8 Å². The number of benzene rings is 3. The van der Waals surface area contributed by atoms with Gasteiger partial charge in [0.05, 0.1) is 13.0 Å². The molecule has 1 saturated heterocycles. The van der Waals surface area contributed by atoms with Crippen LogP contribution >= 0.6 is 0 Å². The Morgan fingerprint density at radius 1 is 0.900 bits per heavy atom. The average molecular weight is 401 g/mol. The number of β-lactam (4-membered cyclic amide) rings is 1. The van der Waals surface area contributed by atoms with Gasteiger partial charge in [0.25, 0.3) is 0 Å². The van der Waals surface area contributed by atoms with E-state index in [0.717, 1.165) is 23.2 Å². The molecule has 1 aliphatic rings. The van der Waals surface area contributed by atoms with Crippen LogP contribution in [0.5, 0.6) is 11.5 Å². The van der Waals surface area contributed by atoms with Crippen LogP contribution in [0.1, 0.15) is 11.1 Å². The van der Waals surface area contributed by atoms with E-state index >= 15 is 0 Å². The number of methoxy groups -OCH3 is 1. The van der Waals surface area contributed by atoms with E-state index < -0.39 is 6.04 Å². The van der Waals surface area contributed by atoms with E-state index in [1.807, 2.05) is 54.6 Å². The molecule has 3 aromatic rings. The van der Waals surface area contributed by atoms with Crippen molar-refractivity contribution in [3.05, 3.63) is 90.0 Å². The lowest BCUT2D eigenvalue weighted by atomic mass is 9.82. The second-order valence-electron chi connectivity index (χ2n) is 7.27. The first-order valence-electron chi connectivity index (χ1n) is 9.87. The second-order valence-corrected chi connectivity index (χ2v) is 7.27. The molecule has 2 atom stereocenters. The highest BCUT2D eigenvalue weighted by molar-refractivity contribution is 6.08. The van der Waals surface area contributed by atoms with Gasteiger partial charge in [0, 0.05) is 5.69 Å². The summed E-state index contributed by atoms with van der Waals surface area (Å²) in [5, 5.41) is 0. The number of ether oxygens (including phenoxy) is 2. The van der Waals surface area contributed by atoms with Crippen molar-refractivity contribution in [2.75, 3.05) is 12.0 Å². The maximum Gasteiger partial charge on any atom is 0.233 e. The van der Waals surface area contributed by atoms with Crippen LogP contribution in [0.15, 0.2) is 78.9 Å². The predicted octanol–water partition coefficient (Wildman–Crippen LogP) is 4.05. The highest BCUT2D eigenvalue weighted by Crippen LogP contribution is 2.35. The van der Waals surface area contributed by atoms with Crippen LogP contribution < -0.4 is 14.4 Å². The summed E-state index contributed by atoms with van der Waals surface area (Å²) in [7, 11) is 1.59. The fraction of sp³-hybridized carbons (Fsp3) is 0.200. The number of rotatable bonds is 8. The molecule has 0 N–H and O–H groups in total. The Hall–Kier alpha value is -3.60. The van der Waals surface area contributed by atoms with Crippen molar-refractivity contribution in [3.8, 4) is 11.5 Å². The number of carbonyl (C=O) groups excluding carboxylic acids is 2. The molecule has 1 fully saturated rings. The van der Waals surface area contributed by atoms with Gasteiger partial charge in [-0.3, -0.25) is 4.79 Å². The van der Waals surface area contributed by atoms with Crippen molar-refractivity contribution in [1.29, 1.82) is 0 Å². The Balaban J connectivity index is 1.42. The SMILES string of the molecule is COc1ccc(N2C(=O)[C@@H](Cc3cccc(OCc4ccccc4)c3)[C@H]2C=O)cc1. The van der Waals surface area contributed by atoms with Crippen molar-refractivity contribution in [2.45, 2.75) is 19.1 Å². The molecular weight excluding hydrogens is 378 g/mol. The molecular formula is C25H23NO4. The zero-order valence-corrected chi connectivity index (χ0v) is 16.7. The smallest absolute Gasteiger partial charge is 0.233 e. The van der Waals surface area contributed by atoms with Crippen LogP contribution in [-0.2, 0) is 22.6 Å². The first kappa shape index (κ1) is 19.7. The molecule has 0 bridgehead atoms. The minimum absolute atomic E-state index is 0.0483. The average Bonchev–Trinajstić information content (AvgIpc) is 2.80. The fourth-order valence-corrected chi connectivity index (χ4v) is 3.73. The number of aldehydes is 1. The Labute approximate surface area is 175 Å². The lowest BCUT2D eigenvalue weighted by Gasteiger charge is -2.44. The predicted molar refractivity (Wildman–Crippen MR) is 115 cm³/mol. The number of hydrogen-bond donors (Lipinski definition) is 0. The minimum atomic E-state index is -0.472. The highest BCUT2D eigenvalue weighted by Gasteiger charge is 2.47. The molecule has 30 heavy (non-hydrogen) atoms. The number of amides is 1. The molecule has 0 spiro atoms. The third-order valence-corrected chi connectivity index (χ3v) is 5.36. The monoisotopic (exact) mass is 401 g/mol. The maximum absolute atomic E-state index is 12.8. The van der Waals surface area contributed by atoms with Crippen LogP contribution in [0.3, 0.4) is 0 Å². The van der Waals surface area contributed by atoms with Gasteiger partial charge in [-0.2, -0.15) is 0 Å². The van der Waals surface area contributed by atoms with Crippen molar-refractivity contribution in [1.82, 2.24) is 0 Å². The first-order valence-corrected chi connectivity index (χ1v) is 9.87. The van der Waals surface area contributed by atoms with Crippen LogP contribution in [0.25, 0.3) is 0 Å². The summed E-state index contributed by atoms with van der Waals surface area (Å²) in [6, 6.07) is 24.3. The van der Waals surface area contributed by atoms with Crippen molar-refractivity contribution >= 4 is 17.9 Å². The molecule has 5 nitrogen and oxygen atoms in total. The Bertz CT molecular complexity index is 1020. The van der Waals surface area contributed by atoms with E-state index in [4.69, 9.17) is 9.47 Å². The summed E-state index contributed by atoms with van der Waals surface area (Å²) >= 11 is 0. The summed E-state index contributed by atoms with van der Waals surface area (Å²) in [5.41, 5.74) is 2.77. The van der Waals surface area contributed by atoms with E-state index in [1.54, 1.807) is 36.3 Å². The molecule has 0 radical (unpaired) electrons. The van der Waals surface area contributed by atoms with Crippen LogP contribution in [0.4, 0.5) is 5.69 Å². The van der Waals surface area contributed by atoms with Gasteiger partial charge in [0.1, 0.15) is 30.4 Å². The molecule has 1 heterocycles. The lowest BCUT2D eigenvalue weighted by Crippen LogP contribution is -2.62. The quantitative estimate of drug-likeness (QED) is 0.422. The van der Waals surface area contributed by atoms with Gasteiger partial charge in [-0.25, -0.2) is 0 Å². The topological polar surface area (TPSA) is 55.8 Å². The first-order chi connectivity index (χ1) is 14.7. The van der Waals surface area contributed by atoms with E-state index in [9.17, 15) is 9.59 Å². The van der Waals surface area contributed by atoms with E-state index in [0.29, 0.717) is 24.5 Å². The molecule has 152 valence electrons. The number of nitrogens with zero attached hydrogens (tertiary/aromatic N) is 1. The van der Waals surface area contributed by atoms with E-state index in [1.165, 1.54) is 0 Å².